The molecule has 65 valence electrons. The zero-order valence-electron chi connectivity index (χ0n) is 5.65. The SMILES string of the molecule is FC(F)(F)Oc1[c]cc(Br)cc1. The first kappa shape index (κ1) is 9.38. The lowest BCUT2D eigenvalue weighted by molar-refractivity contribution is -0.274. The second kappa shape index (κ2) is 3.35. The summed E-state index contributed by atoms with van der Waals surface area (Å²) in [5, 5.41) is 0. The fraction of sp³-hybridized carbons (Fsp3) is 0.143. The van der Waals surface area contributed by atoms with Gasteiger partial charge in [0.1, 0.15) is 5.75 Å². The topological polar surface area (TPSA) is 9.23 Å². The molecule has 0 bridgehead atoms. The summed E-state index contributed by atoms with van der Waals surface area (Å²) in [6.07, 6.45) is -4.65. The molecule has 0 N–H and O–H groups in total. The van der Waals surface area contributed by atoms with Crippen LogP contribution in [0.4, 0.5) is 13.2 Å². The Morgan fingerprint density at radius 2 is 2.00 bits per heavy atom. The van der Waals surface area contributed by atoms with Gasteiger partial charge in [-0.25, -0.2) is 0 Å². The maximum Gasteiger partial charge on any atom is 0.573 e. The van der Waals surface area contributed by atoms with Crippen LogP contribution in [-0.4, -0.2) is 6.36 Å². The second-order valence-electron chi connectivity index (χ2n) is 1.92. The fourth-order valence-electron chi connectivity index (χ4n) is 0.580. The van der Waals surface area contributed by atoms with E-state index in [2.05, 4.69) is 26.7 Å². The maximum atomic E-state index is 11.6. The van der Waals surface area contributed by atoms with E-state index in [4.69, 9.17) is 0 Å². The van der Waals surface area contributed by atoms with Crippen molar-refractivity contribution in [3.8, 4) is 5.75 Å². The molecule has 0 aliphatic heterocycles. The smallest absolute Gasteiger partial charge is 0.405 e. The van der Waals surface area contributed by atoms with Gasteiger partial charge in [0.25, 0.3) is 0 Å². The van der Waals surface area contributed by atoms with Crippen molar-refractivity contribution in [2.75, 3.05) is 0 Å². The molecule has 0 fully saturated rings. The van der Waals surface area contributed by atoms with Gasteiger partial charge in [0.2, 0.25) is 0 Å². The molecule has 0 unspecified atom stereocenters. The number of halogens is 4. The summed E-state index contributed by atoms with van der Waals surface area (Å²) in [6.45, 7) is 0. The van der Waals surface area contributed by atoms with E-state index >= 15 is 0 Å². The van der Waals surface area contributed by atoms with Crippen LogP contribution in [0.5, 0.6) is 5.75 Å². The summed E-state index contributed by atoms with van der Waals surface area (Å²) >= 11 is 3.06. The van der Waals surface area contributed by atoms with Crippen LogP contribution in [0.1, 0.15) is 0 Å². The van der Waals surface area contributed by atoms with E-state index in [-0.39, 0.29) is 5.75 Å². The van der Waals surface area contributed by atoms with Crippen LogP contribution in [-0.2, 0) is 0 Å². The highest BCUT2D eigenvalue weighted by atomic mass is 79.9. The van der Waals surface area contributed by atoms with Crippen molar-refractivity contribution in [1.82, 2.24) is 0 Å². The average Bonchev–Trinajstić information content (AvgIpc) is 1.91. The summed E-state index contributed by atoms with van der Waals surface area (Å²) in [5.41, 5.74) is 0. The molecule has 0 saturated carbocycles. The Hall–Kier alpha value is -0.710. The second-order valence-corrected chi connectivity index (χ2v) is 2.83. The van der Waals surface area contributed by atoms with E-state index in [1.54, 1.807) is 0 Å². The number of ether oxygens (including phenoxy) is 1. The monoisotopic (exact) mass is 239 g/mol. The highest BCUT2D eigenvalue weighted by molar-refractivity contribution is 9.10. The van der Waals surface area contributed by atoms with E-state index in [0.717, 1.165) is 0 Å². The largest absolute Gasteiger partial charge is 0.573 e. The van der Waals surface area contributed by atoms with Gasteiger partial charge in [-0.2, -0.15) is 0 Å². The lowest BCUT2D eigenvalue weighted by Gasteiger charge is -2.07. The Morgan fingerprint density at radius 1 is 1.33 bits per heavy atom. The number of hydrogen-bond donors (Lipinski definition) is 0. The summed E-state index contributed by atoms with van der Waals surface area (Å²) in [4.78, 5) is 0. The van der Waals surface area contributed by atoms with Crippen LogP contribution in [0.15, 0.2) is 22.7 Å². The van der Waals surface area contributed by atoms with Crippen molar-refractivity contribution < 1.29 is 17.9 Å². The Kier molecular flexibility index (Phi) is 2.62. The fourth-order valence-corrected chi connectivity index (χ4v) is 0.826. The van der Waals surface area contributed by atoms with Gasteiger partial charge < -0.3 is 4.74 Å². The van der Waals surface area contributed by atoms with E-state index < -0.39 is 6.36 Å². The van der Waals surface area contributed by atoms with E-state index in [0.29, 0.717) is 4.47 Å². The third-order valence-corrected chi connectivity index (χ3v) is 1.47. The zero-order valence-corrected chi connectivity index (χ0v) is 7.24. The molecule has 0 aliphatic rings. The van der Waals surface area contributed by atoms with Crippen LogP contribution >= 0.6 is 15.9 Å². The van der Waals surface area contributed by atoms with E-state index in [9.17, 15) is 13.2 Å². The van der Waals surface area contributed by atoms with Crippen LogP contribution in [0, 0.1) is 6.07 Å². The third-order valence-electron chi connectivity index (χ3n) is 0.972. The number of rotatable bonds is 1. The lowest BCUT2D eigenvalue weighted by Crippen LogP contribution is -2.17. The Balaban J connectivity index is 2.71. The van der Waals surface area contributed by atoms with Gasteiger partial charge in [-0.05, 0) is 18.2 Å². The molecule has 1 nitrogen and oxygen atoms in total. The van der Waals surface area contributed by atoms with Crippen LogP contribution < -0.4 is 4.74 Å². The van der Waals surface area contributed by atoms with Crippen molar-refractivity contribution in [3.63, 3.8) is 0 Å². The first-order chi connectivity index (χ1) is 5.47. The van der Waals surface area contributed by atoms with Gasteiger partial charge in [0, 0.05) is 10.5 Å². The molecule has 0 heterocycles. The Bertz CT molecular complexity index is 254. The molecular formula is C7H3BrF3O. The van der Waals surface area contributed by atoms with Gasteiger partial charge in [-0.3, -0.25) is 0 Å². The normalized spacial score (nSPS) is 11.3. The maximum absolute atomic E-state index is 11.6. The van der Waals surface area contributed by atoms with Gasteiger partial charge in [0.15, 0.2) is 0 Å². The van der Waals surface area contributed by atoms with Gasteiger partial charge in [-0.15, -0.1) is 13.2 Å². The molecule has 1 radical (unpaired) electrons. The van der Waals surface area contributed by atoms with E-state index in [1.165, 1.54) is 18.2 Å². The number of benzene rings is 1. The van der Waals surface area contributed by atoms with Gasteiger partial charge in [0.05, 0.1) is 0 Å². The van der Waals surface area contributed by atoms with Crippen molar-refractivity contribution >= 4 is 15.9 Å². The molecule has 0 aliphatic carbocycles. The average molecular weight is 240 g/mol. The summed E-state index contributed by atoms with van der Waals surface area (Å²) in [5.74, 6) is -0.342. The van der Waals surface area contributed by atoms with Crippen LogP contribution in [0.2, 0.25) is 0 Å². The molecule has 1 rings (SSSR count). The first-order valence-corrected chi connectivity index (χ1v) is 3.70. The van der Waals surface area contributed by atoms with Crippen LogP contribution in [0.3, 0.4) is 0 Å². The predicted octanol–water partition coefficient (Wildman–Crippen LogP) is 3.15. The molecule has 5 heteroatoms. The summed E-state index contributed by atoms with van der Waals surface area (Å²) in [6, 6.07) is 6.27. The van der Waals surface area contributed by atoms with Crippen LogP contribution in [0.25, 0.3) is 0 Å². The molecular weight excluding hydrogens is 237 g/mol. The predicted molar refractivity (Wildman–Crippen MR) is 39.7 cm³/mol. The minimum absolute atomic E-state index is 0.342. The first-order valence-electron chi connectivity index (χ1n) is 2.90. The van der Waals surface area contributed by atoms with Crippen molar-refractivity contribution in [2.45, 2.75) is 6.36 Å². The summed E-state index contributed by atoms with van der Waals surface area (Å²) in [7, 11) is 0. The molecule has 1 aromatic carbocycles. The molecule has 12 heavy (non-hydrogen) atoms. The highest BCUT2D eigenvalue weighted by Gasteiger charge is 2.30. The van der Waals surface area contributed by atoms with Crippen molar-refractivity contribution in [3.05, 3.63) is 28.7 Å². The highest BCUT2D eigenvalue weighted by Crippen LogP contribution is 2.23. The lowest BCUT2D eigenvalue weighted by atomic mass is 10.3. The molecule has 0 aromatic heterocycles. The Labute approximate surface area is 75.3 Å². The molecule has 0 amide bonds. The van der Waals surface area contributed by atoms with Gasteiger partial charge >= 0.3 is 6.36 Å². The molecule has 0 saturated heterocycles. The quantitative estimate of drug-likeness (QED) is 0.732. The minimum atomic E-state index is -4.65. The van der Waals surface area contributed by atoms with E-state index in [1.807, 2.05) is 0 Å². The number of hydrogen-bond acceptors (Lipinski definition) is 1. The number of alkyl halides is 3. The molecule has 0 atom stereocenters. The third kappa shape index (κ3) is 3.13. The molecule has 1 aromatic rings. The summed E-state index contributed by atoms with van der Waals surface area (Å²) < 4.78 is 39.0. The Morgan fingerprint density at radius 3 is 2.42 bits per heavy atom. The standard InChI is InChI=1S/C7H3BrF3O/c8-5-1-3-6(4-2-5)12-7(9,10)11/h1-3H. The van der Waals surface area contributed by atoms with Crippen molar-refractivity contribution in [2.24, 2.45) is 0 Å². The van der Waals surface area contributed by atoms with Gasteiger partial charge in [-0.1, -0.05) is 15.9 Å². The van der Waals surface area contributed by atoms with Crippen molar-refractivity contribution in [1.29, 1.82) is 0 Å². The minimum Gasteiger partial charge on any atom is -0.405 e. The molecule has 0 spiro atoms. The zero-order chi connectivity index (χ0) is 9.19.